The molecule has 0 spiro atoms. The molecule has 1 aliphatic heterocycles. The zero-order valence-electron chi connectivity index (χ0n) is 17.7. The van der Waals surface area contributed by atoms with E-state index < -0.39 is 10.0 Å². The number of carbonyl (C=O) groups is 1. The summed E-state index contributed by atoms with van der Waals surface area (Å²) >= 11 is 0. The van der Waals surface area contributed by atoms with Crippen molar-refractivity contribution >= 4 is 32.4 Å². The van der Waals surface area contributed by atoms with Gasteiger partial charge < -0.3 is 9.73 Å². The second-order valence-electron chi connectivity index (χ2n) is 8.00. The molecule has 8 nitrogen and oxygen atoms in total. The molecule has 0 bridgehead atoms. The average Bonchev–Trinajstić information content (AvgIpc) is 3.39. The van der Waals surface area contributed by atoms with Crippen LogP contribution in [0.25, 0.3) is 22.2 Å². The van der Waals surface area contributed by atoms with E-state index in [2.05, 4.69) is 15.5 Å². The fourth-order valence-corrected chi connectivity index (χ4v) is 5.61. The van der Waals surface area contributed by atoms with Gasteiger partial charge in [0.2, 0.25) is 28.2 Å². The van der Waals surface area contributed by atoms with E-state index in [0.29, 0.717) is 43.1 Å². The van der Waals surface area contributed by atoms with E-state index in [9.17, 15) is 13.2 Å². The van der Waals surface area contributed by atoms with E-state index >= 15 is 0 Å². The molecule has 2 heterocycles. The van der Waals surface area contributed by atoms with Crippen molar-refractivity contribution in [3.8, 4) is 11.5 Å². The highest BCUT2D eigenvalue weighted by atomic mass is 32.2. The number of benzene rings is 3. The van der Waals surface area contributed by atoms with Crippen molar-refractivity contribution in [1.82, 2.24) is 14.5 Å². The van der Waals surface area contributed by atoms with Crippen LogP contribution in [0.15, 0.2) is 82.4 Å². The summed E-state index contributed by atoms with van der Waals surface area (Å²) in [6.07, 6.45) is 2.17. The number of rotatable bonds is 5. The van der Waals surface area contributed by atoms with Crippen LogP contribution in [0.1, 0.15) is 12.8 Å². The quantitative estimate of drug-likeness (QED) is 0.482. The highest BCUT2D eigenvalue weighted by Gasteiger charge is 2.32. The smallest absolute Gasteiger partial charge is 0.247 e. The van der Waals surface area contributed by atoms with Crippen molar-refractivity contribution in [2.75, 3.05) is 18.4 Å². The SMILES string of the molecule is O=C(Nc1cccc(-c2nnco2)c1)C1CCN(S(=O)(=O)c2ccc3ccccc3c2)CC1. The Hall–Kier alpha value is -3.56. The maximum Gasteiger partial charge on any atom is 0.247 e. The third kappa shape index (κ3) is 4.37. The number of hydrogen-bond acceptors (Lipinski definition) is 6. The normalized spacial score (nSPS) is 15.5. The van der Waals surface area contributed by atoms with Gasteiger partial charge in [-0.2, -0.15) is 4.31 Å². The molecule has 0 aliphatic carbocycles. The van der Waals surface area contributed by atoms with Crippen molar-refractivity contribution in [1.29, 1.82) is 0 Å². The minimum Gasteiger partial charge on any atom is -0.423 e. The third-order valence-corrected chi connectivity index (χ3v) is 7.82. The Labute approximate surface area is 191 Å². The van der Waals surface area contributed by atoms with Crippen LogP contribution in [0.5, 0.6) is 0 Å². The number of aromatic nitrogens is 2. The van der Waals surface area contributed by atoms with Gasteiger partial charge in [-0.1, -0.05) is 36.4 Å². The number of fused-ring (bicyclic) bond motifs is 1. The van der Waals surface area contributed by atoms with Crippen molar-refractivity contribution in [3.63, 3.8) is 0 Å². The minimum absolute atomic E-state index is 0.125. The third-order valence-electron chi connectivity index (χ3n) is 5.92. The van der Waals surface area contributed by atoms with Gasteiger partial charge in [0.1, 0.15) is 0 Å². The fourth-order valence-electron chi connectivity index (χ4n) is 4.11. The van der Waals surface area contributed by atoms with E-state index in [1.54, 1.807) is 30.3 Å². The lowest BCUT2D eigenvalue weighted by molar-refractivity contribution is -0.120. The fraction of sp³-hybridized carbons (Fsp3) is 0.208. The molecular weight excluding hydrogens is 440 g/mol. The number of sulfonamides is 1. The lowest BCUT2D eigenvalue weighted by Gasteiger charge is -2.30. The molecule has 0 atom stereocenters. The first-order chi connectivity index (χ1) is 16.0. The Morgan fingerprint density at radius 2 is 1.76 bits per heavy atom. The van der Waals surface area contributed by atoms with Gasteiger partial charge in [-0.05, 0) is 53.9 Å². The van der Waals surface area contributed by atoms with Crippen LogP contribution in [0.3, 0.4) is 0 Å². The van der Waals surface area contributed by atoms with Gasteiger partial charge in [-0.3, -0.25) is 4.79 Å². The molecule has 9 heteroatoms. The Morgan fingerprint density at radius 3 is 2.52 bits per heavy atom. The molecule has 4 aromatic rings. The summed E-state index contributed by atoms with van der Waals surface area (Å²) in [6, 6.07) is 20.0. The van der Waals surface area contributed by atoms with Crippen LogP contribution < -0.4 is 5.32 Å². The van der Waals surface area contributed by atoms with E-state index in [1.165, 1.54) is 10.7 Å². The van der Waals surface area contributed by atoms with Crippen LogP contribution in [-0.4, -0.2) is 41.9 Å². The summed E-state index contributed by atoms with van der Waals surface area (Å²) < 4.78 is 33.0. The molecule has 168 valence electrons. The molecule has 0 unspecified atom stereocenters. The van der Waals surface area contributed by atoms with Gasteiger partial charge in [0.05, 0.1) is 4.90 Å². The van der Waals surface area contributed by atoms with Crippen LogP contribution in [0.2, 0.25) is 0 Å². The Morgan fingerprint density at radius 1 is 0.970 bits per heavy atom. The predicted octanol–water partition coefficient (Wildman–Crippen LogP) is 3.93. The zero-order chi connectivity index (χ0) is 22.8. The summed E-state index contributed by atoms with van der Waals surface area (Å²) in [4.78, 5) is 13.1. The highest BCUT2D eigenvalue weighted by molar-refractivity contribution is 7.89. The summed E-state index contributed by atoms with van der Waals surface area (Å²) in [5, 5.41) is 12.3. The largest absolute Gasteiger partial charge is 0.423 e. The maximum absolute atomic E-state index is 13.2. The van der Waals surface area contributed by atoms with E-state index in [-0.39, 0.29) is 16.7 Å². The second-order valence-corrected chi connectivity index (χ2v) is 9.94. The van der Waals surface area contributed by atoms with Gasteiger partial charge in [0, 0.05) is 30.3 Å². The summed E-state index contributed by atoms with van der Waals surface area (Å²) in [6.45, 7) is 0.602. The van der Waals surface area contributed by atoms with Crippen molar-refractivity contribution < 1.29 is 17.6 Å². The first-order valence-corrected chi connectivity index (χ1v) is 12.1. The molecule has 1 aromatic heterocycles. The summed E-state index contributed by atoms with van der Waals surface area (Å²) in [5.74, 6) is -0.0150. The molecule has 33 heavy (non-hydrogen) atoms. The monoisotopic (exact) mass is 462 g/mol. The first kappa shape index (κ1) is 21.3. The van der Waals surface area contributed by atoms with Crippen LogP contribution >= 0.6 is 0 Å². The second kappa shape index (κ2) is 8.76. The Bertz CT molecular complexity index is 1400. The van der Waals surface area contributed by atoms with Crippen LogP contribution in [-0.2, 0) is 14.8 Å². The molecule has 0 saturated carbocycles. The first-order valence-electron chi connectivity index (χ1n) is 10.7. The molecule has 1 fully saturated rings. The Balaban J connectivity index is 1.24. The number of nitrogens with one attached hydrogen (secondary N) is 1. The number of anilines is 1. The molecule has 1 aliphatic rings. The van der Waals surface area contributed by atoms with Gasteiger partial charge in [-0.25, -0.2) is 8.42 Å². The molecule has 1 N–H and O–H groups in total. The van der Waals surface area contributed by atoms with Crippen LogP contribution in [0, 0.1) is 5.92 Å². The zero-order valence-corrected chi connectivity index (χ0v) is 18.5. The van der Waals surface area contributed by atoms with Crippen molar-refractivity contribution in [2.24, 2.45) is 5.92 Å². The number of carbonyl (C=O) groups excluding carboxylic acids is 1. The summed E-state index contributed by atoms with van der Waals surface area (Å²) in [7, 11) is -3.61. The van der Waals surface area contributed by atoms with E-state index in [1.807, 2.05) is 36.4 Å². The molecule has 1 saturated heterocycles. The highest BCUT2D eigenvalue weighted by Crippen LogP contribution is 2.27. The van der Waals surface area contributed by atoms with Crippen molar-refractivity contribution in [2.45, 2.75) is 17.7 Å². The summed E-state index contributed by atoms with van der Waals surface area (Å²) in [5.41, 5.74) is 1.34. The maximum atomic E-state index is 13.2. The number of hydrogen-bond donors (Lipinski definition) is 1. The van der Waals surface area contributed by atoms with Crippen molar-refractivity contribution in [3.05, 3.63) is 73.1 Å². The van der Waals surface area contributed by atoms with Gasteiger partial charge in [-0.15, -0.1) is 10.2 Å². The van der Waals surface area contributed by atoms with Gasteiger partial charge >= 0.3 is 0 Å². The van der Waals surface area contributed by atoms with E-state index in [4.69, 9.17) is 4.42 Å². The molecular formula is C24H22N4O4S. The number of piperidine rings is 1. The number of nitrogens with zero attached hydrogens (tertiary/aromatic N) is 3. The Kier molecular flexibility index (Phi) is 5.65. The molecule has 1 amide bonds. The van der Waals surface area contributed by atoms with E-state index in [0.717, 1.165) is 10.8 Å². The standard InChI is InChI=1S/C24H22N4O4S/c29-23(26-21-7-3-6-20(14-21)24-27-25-16-32-24)18-10-12-28(13-11-18)33(30,31)22-9-8-17-4-1-2-5-19(17)15-22/h1-9,14-16,18H,10-13H2,(H,26,29). The number of amides is 1. The predicted molar refractivity (Wildman–Crippen MR) is 124 cm³/mol. The van der Waals surface area contributed by atoms with Gasteiger partial charge in [0.25, 0.3) is 0 Å². The average molecular weight is 463 g/mol. The topological polar surface area (TPSA) is 105 Å². The molecule has 3 aromatic carbocycles. The molecule has 5 rings (SSSR count). The lowest BCUT2D eigenvalue weighted by atomic mass is 9.97. The minimum atomic E-state index is -3.61. The molecule has 0 radical (unpaired) electrons. The van der Waals surface area contributed by atoms with Crippen LogP contribution in [0.4, 0.5) is 5.69 Å². The van der Waals surface area contributed by atoms with Gasteiger partial charge in [0.15, 0.2) is 0 Å². The lowest BCUT2D eigenvalue weighted by Crippen LogP contribution is -2.41.